The number of likely N-dealkylation sites (tertiary alicyclic amines) is 2. The summed E-state index contributed by atoms with van der Waals surface area (Å²) in [6.45, 7) is 17.1. The van der Waals surface area contributed by atoms with Gasteiger partial charge in [0.15, 0.2) is 11.6 Å². The number of nitrogens with one attached hydrogen (secondary N) is 2. The Hall–Kier alpha value is -6.73. The second-order valence-corrected chi connectivity index (χ2v) is 24.6. The average molecular weight is 1090 g/mol. The van der Waals surface area contributed by atoms with Crippen LogP contribution in [0.15, 0.2) is 76.9 Å². The summed E-state index contributed by atoms with van der Waals surface area (Å²) in [4.78, 5) is 57.9. The molecule has 5 fully saturated rings. The second kappa shape index (κ2) is 21.1. The Balaban J connectivity index is 0.609. The maximum absolute atomic E-state index is 14.4. The van der Waals surface area contributed by atoms with Crippen LogP contribution in [-0.2, 0) is 9.59 Å². The van der Waals surface area contributed by atoms with Crippen molar-refractivity contribution in [2.45, 2.75) is 115 Å². The van der Waals surface area contributed by atoms with Crippen LogP contribution in [0.1, 0.15) is 112 Å². The molecule has 18 heteroatoms. The highest BCUT2D eigenvalue weighted by atomic mass is 32.1. The van der Waals surface area contributed by atoms with Crippen molar-refractivity contribution < 1.29 is 29.1 Å². The lowest BCUT2D eigenvalue weighted by molar-refractivity contribution is -0.141. The summed E-state index contributed by atoms with van der Waals surface area (Å²) in [7, 11) is 0. The number of aryl methyl sites for hydroxylation is 1. The number of benzene rings is 3. The summed E-state index contributed by atoms with van der Waals surface area (Å²) >= 11 is 1.60. The normalized spacial score (nSPS) is 23.1. The number of anilines is 2. The molecule has 4 N–H and O–H groups in total. The zero-order chi connectivity index (χ0) is 54.2. The van der Waals surface area contributed by atoms with E-state index in [1.165, 1.54) is 10.5 Å². The molecule has 0 saturated carbocycles. The summed E-state index contributed by atoms with van der Waals surface area (Å²) in [6.07, 6.45) is 7.06. The first-order valence-electron chi connectivity index (χ1n) is 28.6. The molecule has 4 aromatic heterocycles. The number of hydrogen-bond acceptors (Lipinski definition) is 16. The van der Waals surface area contributed by atoms with Crippen LogP contribution < -0.4 is 25.2 Å². The largest absolute Gasteiger partial charge is 0.508 e. The molecule has 2 amide bonds. The van der Waals surface area contributed by atoms with Crippen molar-refractivity contribution in [2.75, 3.05) is 68.8 Å². The fourth-order valence-electron chi connectivity index (χ4n) is 13.9. The molecule has 5 saturated heterocycles. The molecular formula is C61H71N11O6S. The van der Waals surface area contributed by atoms with Crippen molar-refractivity contribution in [2.24, 2.45) is 17.8 Å². The maximum atomic E-state index is 14.4. The number of phenolic OH excluding ortho intramolecular Hbond substituents is 1. The van der Waals surface area contributed by atoms with Gasteiger partial charge in [0.2, 0.25) is 11.8 Å². The number of aromatic nitrogens is 5. The highest BCUT2D eigenvalue weighted by Crippen LogP contribution is 2.49. The second-order valence-electron chi connectivity index (χ2n) is 23.8. The quantitative estimate of drug-likeness (QED) is 0.0761. The van der Waals surface area contributed by atoms with Crippen molar-refractivity contribution >= 4 is 56.5 Å². The van der Waals surface area contributed by atoms with Gasteiger partial charge in [0.05, 0.1) is 44.8 Å². The van der Waals surface area contributed by atoms with Crippen LogP contribution in [0, 0.1) is 24.7 Å². The molecule has 6 aliphatic rings. The smallest absolute Gasteiger partial charge is 0.319 e. The lowest BCUT2D eigenvalue weighted by atomic mass is 9.79. The number of pyridine rings is 1. The average Bonchev–Trinajstić information content (AvgIpc) is 4.33. The molecule has 412 valence electrons. The number of piperazine rings is 1. The molecule has 7 aromatic rings. The predicted octanol–water partition coefficient (Wildman–Crippen LogP) is 8.57. The molecule has 3 aromatic carbocycles. The fraction of sp³-hybridized carbons (Fsp3) is 0.492. The molecule has 0 radical (unpaired) electrons. The van der Waals surface area contributed by atoms with Gasteiger partial charge in [-0.05, 0) is 116 Å². The van der Waals surface area contributed by atoms with Crippen LogP contribution in [0.25, 0.3) is 43.4 Å². The van der Waals surface area contributed by atoms with Gasteiger partial charge < -0.3 is 44.8 Å². The Kier molecular flexibility index (Phi) is 13.8. The number of ether oxygens (including phenoxy) is 1. The lowest BCUT2D eigenvalue weighted by Crippen LogP contribution is -2.51. The van der Waals surface area contributed by atoms with E-state index in [1.54, 1.807) is 11.3 Å². The summed E-state index contributed by atoms with van der Waals surface area (Å²) in [6, 6.07) is 20.2. The van der Waals surface area contributed by atoms with E-state index in [4.69, 9.17) is 24.2 Å². The zero-order valence-corrected chi connectivity index (χ0v) is 46.6. The Bertz CT molecular complexity index is 3410. The van der Waals surface area contributed by atoms with Crippen LogP contribution in [0.3, 0.4) is 0 Å². The van der Waals surface area contributed by atoms with Gasteiger partial charge in [0, 0.05) is 87.1 Å². The number of piperidine rings is 1. The molecule has 17 nitrogen and oxygen atoms in total. The van der Waals surface area contributed by atoms with E-state index in [1.807, 2.05) is 81.9 Å². The van der Waals surface area contributed by atoms with Crippen LogP contribution in [0.5, 0.6) is 11.8 Å². The number of β-amino-alcohol motifs (C(OH)–C–C–N with tert-alkyl or cyclic N) is 1. The Morgan fingerprint density at radius 1 is 0.924 bits per heavy atom. The third-order valence-corrected chi connectivity index (χ3v) is 19.1. The van der Waals surface area contributed by atoms with Crippen LogP contribution >= 0.6 is 11.3 Å². The van der Waals surface area contributed by atoms with E-state index >= 15 is 0 Å². The SMILES string of the molecule is Cc1ncsc1-c1ccc([C@H](C)NC(=O)[C@@H]2C[C@@H](O)CN2C(=O)C(c2cc(N3CC(CC4CCN(CCOc5nc(N6CC7CCC(C6)N7)c6cnc7c(c6n5)C(C)c5cccc6cc(O)cc-7c56)CC4)C3)no2)C(C)C)cc1. The van der Waals surface area contributed by atoms with Crippen molar-refractivity contribution in [1.82, 2.24) is 45.5 Å². The minimum atomic E-state index is -0.804. The van der Waals surface area contributed by atoms with Crippen molar-refractivity contribution in [3.8, 4) is 33.5 Å². The summed E-state index contributed by atoms with van der Waals surface area (Å²) < 4.78 is 12.5. The van der Waals surface area contributed by atoms with Gasteiger partial charge in [0.25, 0.3) is 0 Å². The van der Waals surface area contributed by atoms with Gasteiger partial charge in [-0.15, -0.1) is 11.3 Å². The molecule has 13 rings (SSSR count). The number of hydrogen-bond donors (Lipinski definition) is 4. The van der Waals surface area contributed by atoms with Crippen LogP contribution in [0.4, 0.5) is 11.6 Å². The van der Waals surface area contributed by atoms with Gasteiger partial charge in [0.1, 0.15) is 30.1 Å². The minimum absolute atomic E-state index is 0.0284. The van der Waals surface area contributed by atoms with Gasteiger partial charge in [-0.25, -0.2) is 4.98 Å². The maximum Gasteiger partial charge on any atom is 0.319 e. The van der Waals surface area contributed by atoms with E-state index in [2.05, 4.69) is 60.6 Å². The zero-order valence-electron chi connectivity index (χ0n) is 45.8. The van der Waals surface area contributed by atoms with E-state index in [9.17, 15) is 19.8 Å². The number of rotatable bonds is 15. The number of carbonyl (C=O) groups excluding carboxylic acids is 2. The van der Waals surface area contributed by atoms with Gasteiger partial charge in [-0.3, -0.25) is 19.5 Å². The molecule has 79 heavy (non-hydrogen) atoms. The van der Waals surface area contributed by atoms with Crippen LogP contribution in [-0.4, -0.2) is 140 Å². The summed E-state index contributed by atoms with van der Waals surface area (Å²) in [5.41, 5.74) is 9.77. The number of carbonyl (C=O) groups is 2. The number of aromatic hydroxyl groups is 1. The molecule has 0 spiro atoms. The standard InChI is InChI=1S/C61H71N11O6S/c1-33(2)52(60(76)72-31-45(74)24-49(72)59(75)64-35(4)39-9-11-40(12-10-39)57-36(5)63-32-79-57)50-25-51(68-78-50)70-27-38(28-70)21-37-15-17-69(18-16-37)19-20-77-61-66-56-48(58(67-61)71-29-42-13-14-43(30-71)65-42)26-62-55-47-23-44(73)22-41-7-6-8-46(54(41)47)34(3)53(55)56/h6-12,22-23,25-26,32-35,37-38,42-43,45,49,52,65,73-74H,13-21,24,27-31H2,1-5H3,(H,64,75)/t34?,35-,42?,43?,45+,49-,52?/m0/s1. The topological polar surface area (TPSA) is 198 Å². The minimum Gasteiger partial charge on any atom is -0.508 e. The third kappa shape index (κ3) is 9.86. The monoisotopic (exact) mass is 1090 g/mol. The predicted molar refractivity (Wildman–Crippen MR) is 306 cm³/mol. The van der Waals surface area contributed by atoms with Gasteiger partial charge in [-0.2, -0.15) is 9.97 Å². The lowest BCUT2D eigenvalue weighted by Gasteiger charge is -2.42. The fourth-order valence-corrected chi connectivity index (χ4v) is 14.7. The summed E-state index contributed by atoms with van der Waals surface area (Å²) in [5, 5.41) is 36.1. The summed E-state index contributed by atoms with van der Waals surface area (Å²) in [5.74, 6) is 2.24. The third-order valence-electron chi connectivity index (χ3n) is 18.1. The first-order valence-corrected chi connectivity index (χ1v) is 29.5. The molecule has 5 aliphatic heterocycles. The number of nitrogens with zero attached hydrogens (tertiary/aromatic N) is 9. The van der Waals surface area contributed by atoms with E-state index in [-0.39, 0.29) is 48.4 Å². The number of aliphatic hydroxyl groups excluding tert-OH is 1. The van der Waals surface area contributed by atoms with E-state index < -0.39 is 18.1 Å². The Morgan fingerprint density at radius 3 is 2.46 bits per heavy atom. The number of phenols is 1. The Labute approximate surface area is 464 Å². The first kappa shape index (κ1) is 51.7. The number of aliphatic hydroxyl groups is 1. The highest BCUT2D eigenvalue weighted by molar-refractivity contribution is 7.13. The van der Waals surface area contributed by atoms with Crippen molar-refractivity contribution in [3.05, 3.63) is 101 Å². The molecule has 4 unspecified atom stereocenters. The van der Waals surface area contributed by atoms with Gasteiger partial charge >= 0.3 is 6.01 Å². The Morgan fingerprint density at radius 2 is 1.71 bits per heavy atom. The number of amides is 2. The molecule has 1 aliphatic carbocycles. The number of fused-ring (bicyclic) bond motifs is 6. The molecule has 2 bridgehead atoms. The molecule has 7 atom stereocenters. The first-order chi connectivity index (χ1) is 38.3. The van der Waals surface area contributed by atoms with Gasteiger partial charge in [-0.1, -0.05) is 68.4 Å². The van der Waals surface area contributed by atoms with Crippen LogP contribution in [0.2, 0.25) is 0 Å². The highest BCUT2D eigenvalue weighted by Gasteiger charge is 2.44. The van der Waals surface area contributed by atoms with Crippen molar-refractivity contribution in [3.63, 3.8) is 0 Å². The van der Waals surface area contributed by atoms with E-state index in [0.717, 1.165) is 150 Å². The molecule has 9 heterocycles. The number of thiazole rings is 1. The van der Waals surface area contributed by atoms with Crippen molar-refractivity contribution in [1.29, 1.82) is 0 Å². The molecular weight excluding hydrogens is 1010 g/mol. The van der Waals surface area contributed by atoms with E-state index in [0.29, 0.717) is 42.3 Å².